The fourth-order valence-corrected chi connectivity index (χ4v) is 3.62. The van der Waals surface area contributed by atoms with Crippen LogP contribution in [-0.2, 0) is 0 Å². The summed E-state index contributed by atoms with van der Waals surface area (Å²) in [6.07, 6.45) is 3.33. The Balaban J connectivity index is 1.47. The molecule has 0 unspecified atom stereocenters. The number of piperidine rings is 1. The molecule has 0 saturated carbocycles. The molecule has 0 atom stereocenters. The largest absolute Gasteiger partial charge is 0.361 e. The number of pyridine rings is 1. The summed E-state index contributed by atoms with van der Waals surface area (Å²) < 4.78 is 5.27. The third-order valence-corrected chi connectivity index (χ3v) is 5.05. The minimum Gasteiger partial charge on any atom is -0.361 e. The highest BCUT2D eigenvalue weighted by Crippen LogP contribution is 2.30. The Morgan fingerprint density at radius 3 is 2.63 bits per heavy atom. The fraction of sp³-hybridized carbons (Fsp3) is 0.350. The molecule has 1 fully saturated rings. The van der Waals surface area contributed by atoms with Crippen LogP contribution in [0.5, 0.6) is 0 Å². The lowest BCUT2D eigenvalue weighted by atomic mass is 9.92. The van der Waals surface area contributed by atoms with E-state index in [4.69, 9.17) is 9.51 Å². The molecule has 7 nitrogen and oxygen atoms in total. The highest BCUT2D eigenvalue weighted by atomic mass is 16.5. The summed E-state index contributed by atoms with van der Waals surface area (Å²) in [4.78, 5) is 19.2. The average molecular weight is 363 g/mol. The van der Waals surface area contributed by atoms with Gasteiger partial charge in [0.2, 0.25) is 0 Å². The first kappa shape index (κ1) is 17.3. The van der Waals surface area contributed by atoms with E-state index in [9.17, 15) is 4.79 Å². The lowest BCUT2D eigenvalue weighted by molar-refractivity contribution is 0.0705. The maximum atomic E-state index is 12.5. The van der Waals surface area contributed by atoms with Gasteiger partial charge >= 0.3 is 0 Å². The van der Waals surface area contributed by atoms with Crippen LogP contribution in [0.4, 0.5) is 0 Å². The van der Waals surface area contributed by atoms with Gasteiger partial charge in [0.1, 0.15) is 5.76 Å². The first-order valence-electron chi connectivity index (χ1n) is 9.10. The molecule has 0 bridgehead atoms. The summed E-state index contributed by atoms with van der Waals surface area (Å²) in [6.45, 7) is 5.21. The van der Waals surface area contributed by atoms with Crippen LogP contribution in [0.3, 0.4) is 0 Å². The van der Waals surface area contributed by atoms with Crippen LogP contribution < -0.4 is 0 Å². The molecule has 0 spiro atoms. The number of hydrogen-bond acceptors (Lipinski definition) is 6. The normalized spacial score (nSPS) is 15.1. The predicted molar refractivity (Wildman–Crippen MR) is 99.1 cm³/mol. The van der Waals surface area contributed by atoms with Crippen molar-refractivity contribution in [2.45, 2.75) is 32.6 Å². The number of amides is 1. The van der Waals surface area contributed by atoms with Crippen molar-refractivity contribution in [1.29, 1.82) is 0 Å². The Bertz CT molecular complexity index is 927. The Morgan fingerprint density at radius 1 is 1.15 bits per heavy atom. The van der Waals surface area contributed by atoms with E-state index in [0.29, 0.717) is 24.7 Å². The highest BCUT2D eigenvalue weighted by Gasteiger charge is 2.26. The van der Waals surface area contributed by atoms with Crippen molar-refractivity contribution in [3.63, 3.8) is 0 Å². The molecule has 4 rings (SSSR count). The topological polar surface area (TPSA) is 85.0 Å². The van der Waals surface area contributed by atoms with Gasteiger partial charge < -0.3 is 9.42 Å². The molecule has 4 heterocycles. The van der Waals surface area contributed by atoms with Gasteiger partial charge in [0, 0.05) is 30.9 Å². The van der Waals surface area contributed by atoms with E-state index in [-0.39, 0.29) is 5.91 Å². The number of aromatic nitrogens is 4. The third-order valence-electron chi connectivity index (χ3n) is 5.05. The van der Waals surface area contributed by atoms with Gasteiger partial charge in [0.15, 0.2) is 5.69 Å². The number of carbonyl (C=O) groups excluding carboxylic acids is 1. The molecule has 138 valence electrons. The van der Waals surface area contributed by atoms with E-state index < -0.39 is 0 Å². The summed E-state index contributed by atoms with van der Waals surface area (Å²) in [7, 11) is 0. The SMILES string of the molecule is Cc1noc(C)c1-c1cccc(C2CCN(C(=O)c3cccnn3)CC2)n1. The number of likely N-dealkylation sites (tertiary alicyclic amines) is 1. The quantitative estimate of drug-likeness (QED) is 0.710. The van der Waals surface area contributed by atoms with Crippen LogP contribution in [0.2, 0.25) is 0 Å². The van der Waals surface area contributed by atoms with Gasteiger partial charge in [-0.2, -0.15) is 5.10 Å². The van der Waals surface area contributed by atoms with E-state index in [2.05, 4.69) is 21.4 Å². The summed E-state index contributed by atoms with van der Waals surface area (Å²) >= 11 is 0. The van der Waals surface area contributed by atoms with Gasteiger partial charge in [-0.3, -0.25) is 9.78 Å². The van der Waals surface area contributed by atoms with Crippen molar-refractivity contribution >= 4 is 5.91 Å². The lowest BCUT2D eigenvalue weighted by Gasteiger charge is -2.31. The Hall–Kier alpha value is -3.09. The van der Waals surface area contributed by atoms with Gasteiger partial charge in [-0.15, -0.1) is 5.10 Å². The lowest BCUT2D eigenvalue weighted by Crippen LogP contribution is -2.38. The van der Waals surface area contributed by atoms with Crippen LogP contribution in [0.1, 0.15) is 46.4 Å². The summed E-state index contributed by atoms with van der Waals surface area (Å²) in [5.41, 5.74) is 4.16. The molecular formula is C20H21N5O2. The summed E-state index contributed by atoms with van der Waals surface area (Å²) in [5, 5.41) is 11.7. The van der Waals surface area contributed by atoms with Gasteiger partial charge in [0.05, 0.1) is 17.0 Å². The van der Waals surface area contributed by atoms with Crippen LogP contribution in [0.15, 0.2) is 41.1 Å². The molecule has 3 aromatic rings. The van der Waals surface area contributed by atoms with Crippen molar-refractivity contribution in [2.24, 2.45) is 0 Å². The number of rotatable bonds is 3. The second kappa shape index (κ2) is 7.26. The zero-order valence-electron chi connectivity index (χ0n) is 15.4. The second-order valence-corrected chi connectivity index (χ2v) is 6.82. The minimum absolute atomic E-state index is 0.0565. The Morgan fingerprint density at radius 2 is 1.96 bits per heavy atom. The van der Waals surface area contributed by atoms with Crippen molar-refractivity contribution in [3.05, 3.63) is 59.4 Å². The van der Waals surface area contributed by atoms with Crippen LogP contribution >= 0.6 is 0 Å². The zero-order chi connectivity index (χ0) is 18.8. The van der Waals surface area contributed by atoms with Crippen molar-refractivity contribution < 1.29 is 9.32 Å². The standard InChI is InChI=1S/C20H21N5O2/c1-13-19(14(2)27-24-13)17-6-3-5-16(22-17)15-8-11-25(12-9-15)20(26)18-7-4-10-21-23-18/h3-7,10,15H,8-9,11-12H2,1-2H3. The maximum Gasteiger partial charge on any atom is 0.274 e. The number of hydrogen-bond donors (Lipinski definition) is 0. The second-order valence-electron chi connectivity index (χ2n) is 6.82. The highest BCUT2D eigenvalue weighted by molar-refractivity contribution is 5.92. The molecular weight excluding hydrogens is 342 g/mol. The Kier molecular flexibility index (Phi) is 4.66. The van der Waals surface area contributed by atoms with E-state index in [1.54, 1.807) is 18.3 Å². The molecule has 0 radical (unpaired) electrons. The molecule has 27 heavy (non-hydrogen) atoms. The summed E-state index contributed by atoms with van der Waals surface area (Å²) in [6, 6.07) is 9.52. The molecule has 0 aromatic carbocycles. The predicted octanol–water partition coefficient (Wildman–Crippen LogP) is 3.16. The van der Waals surface area contributed by atoms with E-state index in [1.165, 1.54) is 0 Å². The molecule has 0 aliphatic carbocycles. The first-order valence-corrected chi connectivity index (χ1v) is 9.10. The average Bonchev–Trinajstić information content (AvgIpc) is 3.06. The Labute approximate surface area is 157 Å². The van der Waals surface area contributed by atoms with Gasteiger partial charge in [-0.1, -0.05) is 11.2 Å². The fourth-order valence-electron chi connectivity index (χ4n) is 3.62. The molecule has 1 aliphatic rings. The van der Waals surface area contributed by atoms with E-state index in [0.717, 1.165) is 41.2 Å². The van der Waals surface area contributed by atoms with Gasteiger partial charge in [-0.25, -0.2) is 0 Å². The van der Waals surface area contributed by atoms with Crippen LogP contribution in [0, 0.1) is 13.8 Å². The van der Waals surface area contributed by atoms with Crippen molar-refractivity contribution in [1.82, 2.24) is 25.2 Å². The van der Waals surface area contributed by atoms with Crippen LogP contribution in [-0.4, -0.2) is 44.2 Å². The first-order chi connectivity index (χ1) is 13.1. The van der Waals surface area contributed by atoms with Gasteiger partial charge in [-0.05, 0) is 51.0 Å². The smallest absolute Gasteiger partial charge is 0.274 e. The maximum absolute atomic E-state index is 12.5. The molecule has 1 saturated heterocycles. The molecule has 3 aromatic heterocycles. The summed E-state index contributed by atoms with van der Waals surface area (Å²) in [5.74, 6) is 1.05. The van der Waals surface area contributed by atoms with Crippen molar-refractivity contribution in [2.75, 3.05) is 13.1 Å². The number of nitrogens with zero attached hydrogens (tertiary/aromatic N) is 5. The zero-order valence-corrected chi connectivity index (χ0v) is 15.4. The molecule has 0 N–H and O–H groups in total. The molecule has 1 amide bonds. The van der Waals surface area contributed by atoms with Gasteiger partial charge in [0.25, 0.3) is 5.91 Å². The van der Waals surface area contributed by atoms with E-state index in [1.807, 2.05) is 30.9 Å². The van der Waals surface area contributed by atoms with E-state index >= 15 is 0 Å². The van der Waals surface area contributed by atoms with Crippen LogP contribution in [0.25, 0.3) is 11.3 Å². The minimum atomic E-state index is -0.0565. The monoisotopic (exact) mass is 363 g/mol. The molecule has 1 aliphatic heterocycles. The molecule has 7 heteroatoms. The number of carbonyl (C=O) groups is 1. The number of aryl methyl sites for hydroxylation is 2. The van der Waals surface area contributed by atoms with Crippen molar-refractivity contribution in [3.8, 4) is 11.3 Å². The third kappa shape index (κ3) is 3.45.